The predicted molar refractivity (Wildman–Crippen MR) is 106 cm³/mol. The highest BCUT2D eigenvalue weighted by Crippen LogP contribution is 2.26. The van der Waals surface area contributed by atoms with Gasteiger partial charge in [0.05, 0.1) is 5.75 Å². The molecule has 1 fully saturated rings. The van der Waals surface area contributed by atoms with Gasteiger partial charge in [-0.15, -0.1) is 0 Å². The smallest absolute Gasteiger partial charge is 0.336 e. The maximum absolute atomic E-state index is 12.6. The number of esters is 1. The van der Waals surface area contributed by atoms with Gasteiger partial charge in [0.25, 0.3) is 0 Å². The van der Waals surface area contributed by atoms with Crippen LogP contribution in [0.2, 0.25) is 0 Å². The molecule has 1 aliphatic rings. The van der Waals surface area contributed by atoms with Gasteiger partial charge in [0.1, 0.15) is 18.2 Å². The van der Waals surface area contributed by atoms with Crippen molar-refractivity contribution in [2.75, 3.05) is 12.3 Å². The van der Waals surface area contributed by atoms with Crippen LogP contribution in [0.25, 0.3) is 11.0 Å². The first-order valence-corrected chi connectivity index (χ1v) is 11.0. The van der Waals surface area contributed by atoms with E-state index in [1.165, 1.54) is 10.4 Å². The van der Waals surface area contributed by atoms with E-state index in [9.17, 15) is 18.0 Å². The number of sulfonamides is 1. The summed E-state index contributed by atoms with van der Waals surface area (Å²) in [5.74, 6) is -0.567. The number of benzene rings is 1. The monoisotopic (exact) mass is 407 g/mol. The number of carbonyl (C=O) groups is 1. The number of hydrogen-bond acceptors (Lipinski definition) is 6. The minimum Gasteiger partial charge on any atom is -0.460 e. The molecule has 0 radical (unpaired) electrons. The lowest BCUT2D eigenvalue weighted by molar-refractivity contribution is -0.148. The Morgan fingerprint density at radius 3 is 2.79 bits per heavy atom. The van der Waals surface area contributed by atoms with E-state index in [1.54, 1.807) is 6.92 Å². The van der Waals surface area contributed by atoms with E-state index in [2.05, 4.69) is 0 Å². The first-order chi connectivity index (χ1) is 13.2. The molecule has 1 unspecified atom stereocenters. The summed E-state index contributed by atoms with van der Waals surface area (Å²) in [5, 5.41) is 0.706. The highest BCUT2D eigenvalue weighted by atomic mass is 32.2. The predicted octanol–water partition coefficient (Wildman–Crippen LogP) is 2.66. The molecule has 28 heavy (non-hydrogen) atoms. The van der Waals surface area contributed by atoms with Crippen molar-refractivity contribution in [3.8, 4) is 0 Å². The van der Waals surface area contributed by atoms with Crippen molar-refractivity contribution in [1.82, 2.24) is 4.31 Å². The van der Waals surface area contributed by atoms with Gasteiger partial charge >= 0.3 is 11.6 Å². The number of rotatable bonds is 6. The molecule has 0 bridgehead atoms. The van der Waals surface area contributed by atoms with Crippen molar-refractivity contribution in [3.05, 3.63) is 45.3 Å². The van der Waals surface area contributed by atoms with Gasteiger partial charge in [-0.1, -0.05) is 19.1 Å². The molecular formula is C20H25NO6S. The van der Waals surface area contributed by atoms with Crippen LogP contribution in [0.4, 0.5) is 0 Å². The molecule has 3 rings (SSSR count). The average Bonchev–Trinajstić information content (AvgIpc) is 3.14. The van der Waals surface area contributed by atoms with Gasteiger partial charge < -0.3 is 9.15 Å². The molecule has 0 aliphatic carbocycles. The molecule has 2 aromatic rings. The number of aryl methyl sites for hydroxylation is 2. The summed E-state index contributed by atoms with van der Waals surface area (Å²) in [6, 6.07) is 4.26. The Balaban J connectivity index is 1.82. The standard InChI is InChI=1S/C20H25NO6S/c1-4-10-28(24,25)21-9-5-6-17(21)20(23)26-12-15-11-18(22)27-19-14(3)13(2)7-8-16(15)19/h7-8,11,17H,4-6,9-10,12H2,1-3H3. The van der Waals surface area contributed by atoms with Gasteiger partial charge in [-0.3, -0.25) is 4.79 Å². The van der Waals surface area contributed by atoms with Crippen LogP contribution in [0, 0.1) is 13.8 Å². The van der Waals surface area contributed by atoms with Crippen LogP contribution in [0.5, 0.6) is 0 Å². The lowest BCUT2D eigenvalue weighted by atomic mass is 10.0. The molecule has 7 nitrogen and oxygen atoms in total. The molecule has 0 N–H and O–H groups in total. The summed E-state index contributed by atoms with van der Waals surface area (Å²) < 4.78 is 36.8. The molecule has 1 saturated heterocycles. The van der Waals surface area contributed by atoms with E-state index in [0.29, 0.717) is 42.3 Å². The van der Waals surface area contributed by atoms with Crippen LogP contribution >= 0.6 is 0 Å². The molecular weight excluding hydrogens is 382 g/mol. The molecule has 0 spiro atoms. The van der Waals surface area contributed by atoms with E-state index in [4.69, 9.17) is 9.15 Å². The fraction of sp³-hybridized carbons (Fsp3) is 0.500. The van der Waals surface area contributed by atoms with E-state index in [-0.39, 0.29) is 12.4 Å². The van der Waals surface area contributed by atoms with Gasteiger partial charge in [0.15, 0.2) is 0 Å². The summed E-state index contributed by atoms with van der Waals surface area (Å²) in [6.45, 7) is 5.80. The van der Waals surface area contributed by atoms with Crippen LogP contribution in [-0.2, 0) is 26.2 Å². The van der Waals surface area contributed by atoms with E-state index in [0.717, 1.165) is 11.1 Å². The fourth-order valence-electron chi connectivity index (χ4n) is 3.57. The van der Waals surface area contributed by atoms with Gasteiger partial charge in [-0.25, -0.2) is 13.2 Å². The third-order valence-corrected chi connectivity index (χ3v) is 7.26. The van der Waals surface area contributed by atoms with Crippen molar-refractivity contribution in [1.29, 1.82) is 0 Å². The van der Waals surface area contributed by atoms with Gasteiger partial charge in [0.2, 0.25) is 10.0 Å². The molecule has 0 saturated carbocycles. The second-order valence-electron chi connectivity index (χ2n) is 7.17. The zero-order chi connectivity index (χ0) is 20.5. The quantitative estimate of drug-likeness (QED) is 0.540. The minimum absolute atomic E-state index is 0.0137. The molecule has 1 aromatic heterocycles. The Hall–Kier alpha value is -2.19. The Bertz CT molecular complexity index is 1060. The van der Waals surface area contributed by atoms with E-state index >= 15 is 0 Å². The van der Waals surface area contributed by atoms with E-state index < -0.39 is 27.7 Å². The molecule has 1 aromatic carbocycles. The Kier molecular flexibility index (Phi) is 5.90. The van der Waals surface area contributed by atoms with Crippen LogP contribution in [0.3, 0.4) is 0 Å². The number of fused-ring (bicyclic) bond motifs is 1. The molecule has 2 heterocycles. The number of nitrogens with zero attached hydrogens (tertiary/aromatic N) is 1. The fourth-order valence-corrected chi connectivity index (χ4v) is 5.31. The van der Waals surface area contributed by atoms with Crippen LogP contribution in [0.15, 0.2) is 27.4 Å². The Labute approximate surface area is 164 Å². The summed E-state index contributed by atoms with van der Waals surface area (Å²) >= 11 is 0. The normalized spacial score (nSPS) is 17.9. The zero-order valence-corrected chi connectivity index (χ0v) is 17.2. The molecule has 8 heteroatoms. The SMILES string of the molecule is CCCS(=O)(=O)N1CCCC1C(=O)OCc1cc(=O)oc2c(C)c(C)ccc12. The number of hydrogen-bond donors (Lipinski definition) is 0. The van der Waals surface area contributed by atoms with Crippen molar-refractivity contribution >= 4 is 27.0 Å². The molecule has 1 atom stereocenters. The second-order valence-corrected chi connectivity index (χ2v) is 9.21. The lowest BCUT2D eigenvalue weighted by Crippen LogP contribution is -2.42. The third-order valence-electron chi connectivity index (χ3n) is 5.18. The third kappa shape index (κ3) is 3.98. The first-order valence-electron chi connectivity index (χ1n) is 9.43. The average molecular weight is 407 g/mol. The van der Waals surface area contributed by atoms with Crippen molar-refractivity contribution < 1.29 is 22.4 Å². The largest absolute Gasteiger partial charge is 0.460 e. The summed E-state index contributed by atoms with van der Waals surface area (Å²) in [6.07, 6.45) is 1.56. The second kappa shape index (κ2) is 8.05. The molecule has 1 aliphatic heterocycles. The van der Waals surface area contributed by atoms with Crippen molar-refractivity contribution in [2.45, 2.75) is 52.7 Å². The van der Waals surface area contributed by atoms with Crippen molar-refractivity contribution in [2.24, 2.45) is 0 Å². The van der Waals surface area contributed by atoms with Crippen LogP contribution < -0.4 is 5.63 Å². The highest BCUT2D eigenvalue weighted by Gasteiger charge is 2.39. The maximum Gasteiger partial charge on any atom is 0.336 e. The van der Waals surface area contributed by atoms with Gasteiger partial charge in [-0.2, -0.15) is 4.31 Å². The van der Waals surface area contributed by atoms with Crippen LogP contribution in [-0.4, -0.2) is 37.0 Å². The lowest BCUT2D eigenvalue weighted by Gasteiger charge is -2.22. The Morgan fingerprint density at radius 1 is 1.32 bits per heavy atom. The first kappa shape index (κ1) is 20.5. The molecule has 152 valence electrons. The summed E-state index contributed by atoms with van der Waals surface area (Å²) in [7, 11) is -3.47. The number of carbonyl (C=O) groups excluding carboxylic acids is 1. The zero-order valence-electron chi connectivity index (χ0n) is 16.4. The maximum atomic E-state index is 12.6. The van der Waals surface area contributed by atoms with Gasteiger partial charge in [-0.05, 0) is 44.2 Å². The van der Waals surface area contributed by atoms with Gasteiger partial charge in [0, 0.05) is 23.6 Å². The van der Waals surface area contributed by atoms with Crippen molar-refractivity contribution in [3.63, 3.8) is 0 Å². The van der Waals surface area contributed by atoms with E-state index in [1.807, 2.05) is 26.0 Å². The highest BCUT2D eigenvalue weighted by molar-refractivity contribution is 7.89. The minimum atomic E-state index is -3.47. The Morgan fingerprint density at radius 2 is 2.07 bits per heavy atom. The summed E-state index contributed by atoms with van der Waals surface area (Å²) in [5.41, 5.74) is 2.36. The number of ether oxygens (including phenoxy) is 1. The van der Waals surface area contributed by atoms with Crippen LogP contribution in [0.1, 0.15) is 42.9 Å². The summed E-state index contributed by atoms with van der Waals surface area (Å²) in [4.78, 5) is 24.5. The topological polar surface area (TPSA) is 93.9 Å². The molecule has 0 amide bonds.